The molecule has 0 aliphatic rings. The summed E-state index contributed by atoms with van der Waals surface area (Å²) in [5, 5.41) is 6.35. The largest absolute Gasteiger partial charge is 0.443 e. The molecule has 2 N–H and O–H groups in total. The SMILES string of the molecule is Cc1cccc(NC(=O)OCc2ccccn2)c1CNc1cccc2nc(C)c(C)n12. The van der Waals surface area contributed by atoms with Crippen LogP contribution in [-0.2, 0) is 17.9 Å². The van der Waals surface area contributed by atoms with Crippen LogP contribution in [0.2, 0.25) is 0 Å². The number of hydrogen-bond donors (Lipinski definition) is 2. The van der Waals surface area contributed by atoms with Crippen molar-refractivity contribution in [2.24, 2.45) is 0 Å². The van der Waals surface area contributed by atoms with Gasteiger partial charge >= 0.3 is 6.09 Å². The quantitative estimate of drug-likeness (QED) is 0.462. The van der Waals surface area contributed by atoms with Crippen LogP contribution in [-0.4, -0.2) is 20.5 Å². The Morgan fingerprint density at radius 1 is 1.03 bits per heavy atom. The molecule has 1 aromatic carbocycles. The Hall–Kier alpha value is -3.87. The van der Waals surface area contributed by atoms with Gasteiger partial charge in [0.1, 0.15) is 18.1 Å². The Morgan fingerprint density at radius 2 is 1.87 bits per heavy atom. The van der Waals surface area contributed by atoms with Crippen molar-refractivity contribution in [3.05, 3.63) is 89.0 Å². The average Bonchev–Trinajstić information content (AvgIpc) is 3.07. The number of pyridine rings is 2. The second-order valence-electron chi connectivity index (χ2n) is 7.36. The molecule has 7 nitrogen and oxygen atoms in total. The van der Waals surface area contributed by atoms with E-state index in [4.69, 9.17) is 4.74 Å². The van der Waals surface area contributed by atoms with E-state index in [2.05, 4.69) is 31.9 Å². The van der Waals surface area contributed by atoms with Crippen LogP contribution in [0.4, 0.5) is 16.3 Å². The maximum Gasteiger partial charge on any atom is 0.412 e. The normalized spacial score (nSPS) is 10.8. The van der Waals surface area contributed by atoms with Crippen molar-refractivity contribution in [1.82, 2.24) is 14.4 Å². The Bertz CT molecular complexity index is 1220. The fourth-order valence-electron chi connectivity index (χ4n) is 3.49. The Balaban J connectivity index is 1.49. The highest BCUT2D eigenvalue weighted by atomic mass is 16.5. The van der Waals surface area contributed by atoms with Crippen molar-refractivity contribution in [1.29, 1.82) is 0 Å². The molecule has 0 unspecified atom stereocenters. The van der Waals surface area contributed by atoms with E-state index in [1.165, 1.54) is 0 Å². The topological polar surface area (TPSA) is 80.5 Å². The molecule has 0 aliphatic heterocycles. The highest BCUT2D eigenvalue weighted by Gasteiger charge is 2.12. The number of carbonyl (C=O) groups is 1. The van der Waals surface area contributed by atoms with Crippen LogP contribution in [0.5, 0.6) is 0 Å². The standard InChI is InChI=1S/C24H25N5O2/c1-16-8-6-10-21(28-24(30)31-15-19-9-4-5-13-25-19)20(16)14-26-22-11-7-12-23-27-17(2)18(3)29(22)23/h4-13,26H,14-15H2,1-3H3,(H,28,30). The molecular formula is C24H25N5O2. The highest BCUT2D eigenvalue weighted by Crippen LogP contribution is 2.23. The molecule has 0 fully saturated rings. The zero-order chi connectivity index (χ0) is 21.8. The van der Waals surface area contributed by atoms with E-state index in [0.717, 1.165) is 34.0 Å². The number of rotatable bonds is 6. The second kappa shape index (κ2) is 8.87. The number of nitrogens with zero attached hydrogens (tertiary/aromatic N) is 3. The number of ether oxygens (including phenoxy) is 1. The third kappa shape index (κ3) is 4.50. The molecule has 158 valence electrons. The average molecular weight is 415 g/mol. The van der Waals surface area contributed by atoms with E-state index in [9.17, 15) is 4.79 Å². The van der Waals surface area contributed by atoms with Gasteiger partial charge in [-0.15, -0.1) is 0 Å². The zero-order valence-corrected chi connectivity index (χ0v) is 17.8. The number of aromatic nitrogens is 3. The second-order valence-corrected chi connectivity index (χ2v) is 7.36. The molecule has 0 bridgehead atoms. The van der Waals surface area contributed by atoms with Gasteiger partial charge in [-0.2, -0.15) is 0 Å². The van der Waals surface area contributed by atoms with Crippen LogP contribution in [0.3, 0.4) is 0 Å². The summed E-state index contributed by atoms with van der Waals surface area (Å²) >= 11 is 0. The van der Waals surface area contributed by atoms with Gasteiger partial charge in [0.05, 0.1) is 11.4 Å². The third-order valence-corrected chi connectivity index (χ3v) is 5.28. The van der Waals surface area contributed by atoms with E-state index in [0.29, 0.717) is 17.9 Å². The molecule has 4 aromatic rings. The Labute approximate surface area is 181 Å². The Kier molecular flexibility index (Phi) is 5.84. The molecule has 0 spiro atoms. The number of imidazole rings is 1. The van der Waals surface area contributed by atoms with E-state index in [-0.39, 0.29) is 6.61 Å². The first-order chi connectivity index (χ1) is 15.0. The van der Waals surface area contributed by atoms with Crippen LogP contribution in [0.25, 0.3) is 5.65 Å². The minimum atomic E-state index is -0.513. The van der Waals surface area contributed by atoms with Crippen LogP contribution in [0.15, 0.2) is 60.8 Å². The summed E-state index contributed by atoms with van der Waals surface area (Å²) in [7, 11) is 0. The van der Waals surface area contributed by atoms with Gasteiger partial charge in [0, 0.05) is 24.1 Å². The van der Waals surface area contributed by atoms with Gasteiger partial charge in [-0.25, -0.2) is 9.78 Å². The maximum atomic E-state index is 12.4. The number of fused-ring (bicyclic) bond motifs is 1. The first kappa shape index (κ1) is 20.4. The number of nitrogens with one attached hydrogen (secondary N) is 2. The molecule has 31 heavy (non-hydrogen) atoms. The molecule has 7 heteroatoms. The number of amides is 1. The molecule has 0 atom stereocenters. The van der Waals surface area contributed by atoms with E-state index in [1.807, 2.05) is 68.4 Å². The summed E-state index contributed by atoms with van der Waals surface area (Å²) < 4.78 is 7.42. The van der Waals surface area contributed by atoms with Crippen LogP contribution in [0, 0.1) is 20.8 Å². The summed E-state index contributed by atoms with van der Waals surface area (Å²) in [4.78, 5) is 21.1. The summed E-state index contributed by atoms with van der Waals surface area (Å²) in [6.07, 6.45) is 1.16. The first-order valence-electron chi connectivity index (χ1n) is 10.1. The van der Waals surface area contributed by atoms with Crippen LogP contribution < -0.4 is 10.6 Å². The predicted octanol–water partition coefficient (Wildman–Crippen LogP) is 5.02. The van der Waals surface area contributed by atoms with Crippen molar-refractivity contribution in [3.8, 4) is 0 Å². The fourth-order valence-corrected chi connectivity index (χ4v) is 3.49. The van der Waals surface area contributed by atoms with Crippen molar-refractivity contribution < 1.29 is 9.53 Å². The van der Waals surface area contributed by atoms with Crippen molar-refractivity contribution in [2.45, 2.75) is 33.9 Å². The summed E-state index contributed by atoms with van der Waals surface area (Å²) in [5.41, 5.74) is 6.47. The van der Waals surface area contributed by atoms with Gasteiger partial charge in [0.2, 0.25) is 0 Å². The number of anilines is 2. The van der Waals surface area contributed by atoms with Gasteiger partial charge in [-0.05, 0) is 62.2 Å². The highest BCUT2D eigenvalue weighted by molar-refractivity contribution is 5.86. The monoisotopic (exact) mass is 415 g/mol. The smallest absolute Gasteiger partial charge is 0.412 e. The van der Waals surface area contributed by atoms with Crippen LogP contribution >= 0.6 is 0 Å². The first-order valence-corrected chi connectivity index (χ1v) is 10.1. The van der Waals surface area contributed by atoms with Crippen molar-refractivity contribution >= 4 is 23.2 Å². The molecule has 1 amide bonds. The van der Waals surface area contributed by atoms with Crippen molar-refractivity contribution in [2.75, 3.05) is 10.6 Å². The number of carbonyl (C=O) groups excluding carboxylic acids is 1. The molecule has 0 saturated heterocycles. The number of benzene rings is 1. The molecule has 0 saturated carbocycles. The minimum absolute atomic E-state index is 0.118. The molecule has 4 rings (SSSR count). The predicted molar refractivity (Wildman–Crippen MR) is 121 cm³/mol. The van der Waals surface area contributed by atoms with E-state index in [1.54, 1.807) is 6.20 Å². The molecule has 3 heterocycles. The lowest BCUT2D eigenvalue weighted by Crippen LogP contribution is -2.16. The Morgan fingerprint density at radius 3 is 2.68 bits per heavy atom. The molecular weight excluding hydrogens is 390 g/mol. The van der Waals surface area contributed by atoms with Gasteiger partial charge in [0.15, 0.2) is 0 Å². The van der Waals surface area contributed by atoms with Gasteiger partial charge < -0.3 is 10.1 Å². The van der Waals surface area contributed by atoms with Gasteiger partial charge in [-0.1, -0.05) is 24.3 Å². The van der Waals surface area contributed by atoms with Crippen LogP contribution in [0.1, 0.15) is 28.2 Å². The lowest BCUT2D eigenvalue weighted by Gasteiger charge is -2.16. The van der Waals surface area contributed by atoms with Gasteiger partial charge in [0.25, 0.3) is 0 Å². The lowest BCUT2D eigenvalue weighted by molar-refractivity contribution is 0.153. The molecule has 0 radical (unpaired) electrons. The number of hydrogen-bond acceptors (Lipinski definition) is 5. The van der Waals surface area contributed by atoms with E-state index >= 15 is 0 Å². The molecule has 3 aromatic heterocycles. The minimum Gasteiger partial charge on any atom is -0.443 e. The van der Waals surface area contributed by atoms with E-state index < -0.39 is 6.09 Å². The third-order valence-electron chi connectivity index (χ3n) is 5.28. The summed E-state index contributed by atoms with van der Waals surface area (Å²) in [6.45, 7) is 6.74. The summed E-state index contributed by atoms with van der Waals surface area (Å²) in [5.74, 6) is 0.947. The fraction of sp³-hybridized carbons (Fsp3) is 0.208. The number of aryl methyl sites for hydroxylation is 3. The maximum absolute atomic E-state index is 12.4. The lowest BCUT2D eigenvalue weighted by atomic mass is 10.1. The van der Waals surface area contributed by atoms with Crippen molar-refractivity contribution in [3.63, 3.8) is 0 Å². The van der Waals surface area contributed by atoms with Gasteiger partial charge in [-0.3, -0.25) is 14.7 Å². The molecule has 0 aliphatic carbocycles. The summed E-state index contributed by atoms with van der Waals surface area (Å²) in [6, 6.07) is 17.3. The zero-order valence-electron chi connectivity index (χ0n) is 17.8.